The summed E-state index contributed by atoms with van der Waals surface area (Å²) in [6, 6.07) is 0. The summed E-state index contributed by atoms with van der Waals surface area (Å²) in [4.78, 5) is 0. The number of thioether (sulfide) groups is 2. The maximum Gasteiger partial charge on any atom is 0.163 e. The zero-order chi connectivity index (χ0) is 15.1. The molecular formula is C17H30O2S2. The molecule has 21 heavy (non-hydrogen) atoms. The van der Waals surface area contributed by atoms with E-state index in [0.29, 0.717) is 12.2 Å². The maximum atomic E-state index is 6.14. The van der Waals surface area contributed by atoms with Crippen LogP contribution in [0.25, 0.3) is 0 Å². The van der Waals surface area contributed by atoms with Gasteiger partial charge in [-0.3, -0.25) is 0 Å². The summed E-state index contributed by atoms with van der Waals surface area (Å²) in [7, 11) is 0. The van der Waals surface area contributed by atoms with Crippen molar-refractivity contribution in [2.45, 2.75) is 81.4 Å². The van der Waals surface area contributed by atoms with Gasteiger partial charge in [0.15, 0.2) is 5.79 Å². The Labute approximate surface area is 138 Å². The highest BCUT2D eigenvalue weighted by atomic mass is 32.2. The number of rotatable bonds is 7. The lowest BCUT2D eigenvalue weighted by molar-refractivity contribution is -0.301. The molecule has 2 heterocycles. The van der Waals surface area contributed by atoms with Crippen LogP contribution in [0.15, 0.2) is 12.7 Å². The molecule has 0 aromatic rings. The lowest BCUT2D eigenvalue weighted by Gasteiger charge is -2.41. The molecule has 2 nitrogen and oxygen atoms in total. The van der Waals surface area contributed by atoms with E-state index in [1.807, 2.05) is 6.08 Å². The number of allylic oxidation sites excluding steroid dienone is 1. The Hall–Kier alpha value is 0.360. The van der Waals surface area contributed by atoms with Crippen LogP contribution in [-0.4, -0.2) is 34.1 Å². The highest BCUT2D eigenvalue weighted by Gasteiger charge is 2.35. The summed E-state index contributed by atoms with van der Waals surface area (Å²) in [5, 5.41) is 0. The van der Waals surface area contributed by atoms with Crippen molar-refractivity contribution in [1.29, 1.82) is 0 Å². The van der Waals surface area contributed by atoms with Crippen molar-refractivity contribution in [3.05, 3.63) is 12.7 Å². The first-order valence-electron chi connectivity index (χ1n) is 8.29. The fraction of sp³-hybridized carbons (Fsp3) is 0.882. The molecule has 2 aliphatic heterocycles. The molecule has 2 fully saturated rings. The second kappa shape index (κ2) is 8.85. The lowest BCUT2D eigenvalue weighted by Crippen LogP contribution is -2.44. The van der Waals surface area contributed by atoms with E-state index in [4.69, 9.17) is 9.47 Å². The molecule has 2 rings (SSSR count). The quantitative estimate of drug-likeness (QED) is 0.470. The Morgan fingerprint density at radius 2 is 1.76 bits per heavy atom. The van der Waals surface area contributed by atoms with Gasteiger partial charge in [-0.05, 0) is 63.9 Å². The molecular weight excluding hydrogens is 300 g/mol. The monoisotopic (exact) mass is 330 g/mol. The van der Waals surface area contributed by atoms with E-state index in [1.54, 1.807) is 0 Å². The molecule has 0 unspecified atom stereocenters. The molecule has 2 saturated heterocycles. The van der Waals surface area contributed by atoms with E-state index in [9.17, 15) is 0 Å². The normalized spacial score (nSPS) is 30.2. The predicted octanol–water partition coefficient (Wildman–Crippen LogP) is 5.23. The number of ether oxygens (including phenoxy) is 2. The Morgan fingerprint density at radius 3 is 2.43 bits per heavy atom. The first-order valence-corrected chi connectivity index (χ1v) is 10.4. The second-order valence-corrected chi connectivity index (χ2v) is 9.36. The van der Waals surface area contributed by atoms with Crippen LogP contribution in [0.1, 0.15) is 58.8 Å². The molecule has 2 atom stereocenters. The molecule has 2 aliphatic rings. The highest BCUT2D eigenvalue weighted by Crippen LogP contribution is 2.36. The summed E-state index contributed by atoms with van der Waals surface area (Å²) in [6.07, 6.45) is 11.0. The van der Waals surface area contributed by atoms with Gasteiger partial charge in [-0.2, -0.15) is 0 Å². The Bertz CT molecular complexity index is 314. The third-order valence-corrected chi connectivity index (χ3v) is 7.06. The van der Waals surface area contributed by atoms with Crippen LogP contribution < -0.4 is 0 Å². The van der Waals surface area contributed by atoms with Gasteiger partial charge >= 0.3 is 0 Å². The molecule has 0 N–H and O–H groups in total. The predicted molar refractivity (Wildman–Crippen MR) is 95.0 cm³/mol. The van der Waals surface area contributed by atoms with Crippen molar-refractivity contribution >= 4 is 23.5 Å². The van der Waals surface area contributed by atoms with E-state index in [1.165, 1.54) is 37.2 Å². The molecule has 0 saturated carbocycles. The number of unbranched alkanes of at least 4 members (excludes halogenated alkanes) is 1. The first kappa shape index (κ1) is 17.7. The van der Waals surface area contributed by atoms with Crippen molar-refractivity contribution in [3.63, 3.8) is 0 Å². The van der Waals surface area contributed by atoms with Crippen LogP contribution in [0.4, 0.5) is 0 Å². The van der Waals surface area contributed by atoms with Crippen LogP contribution in [0.3, 0.4) is 0 Å². The molecule has 0 amide bonds. The second-order valence-electron chi connectivity index (χ2n) is 6.44. The van der Waals surface area contributed by atoms with Gasteiger partial charge in [0.2, 0.25) is 0 Å². The maximum absolute atomic E-state index is 6.14. The molecule has 0 radical (unpaired) electrons. The topological polar surface area (TPSA) is 18.5 Å². The summed E-state index contributed by atoms with van der Waals surface area (Å²) < 4.78 is 13.0. The van der Waals surface area contributed by atoms with Gasteiger partial charge in [0.25, 0.3) is 0 Å². The highest BCUT2D eigenvalue weighted by molar-refractivity contribution is 8.17. The van der Waals surface area contributed by atoms with Crippen molar-refractivity contribution in [2.75, 3.05) is 11.5 Å². The number of hydrogen-bond acceptors (Lipinski definition) is 4. The fourth-order valence-corrected chi connectivity index (χ4v) is 5.99. The van der Waals surface area contributed by atoms with Crippen LogP contribution in [0, 0.1) is 0 Å². The smallest absolute Gasteiger partial charge is 0.163 e. The van der Waals surface area contributed by atoms with Gasteiger partial charge in [-0.15, -0.1) is 30.1 Å². The van der Waals surface area contributed by atoms with E-state index in [0.717, 1.165) is 23.8 Å². The Morgan fingerprint density at radius 1 is 1.10 bits per heavy atom. The third-order valence-electron chi connectivity index (χ3n) is 3.98. The molecule has 0 aromatic carbocycles. The Balaban J connectivity index is 1.76. The molecule has 0 spiro atoms. The largest absolute Gasteiger partial charge is 0.347 e. The van der Waals surface area contributed by atoms with Gasteiger partial charge in [0.1, 0.15) is 0 Å². The average Bonchev–Trinajstić information content (AvgIpc) is 2.45. The minimum absolute atomic E-state index is 0.352. The Kier molecular flexibility index (Phi) is 7.47. The van der Waals surface area contributed by atoms with Gasteiger partial charge in [-0.25, -0.2) is 0 Å². The number of hydrogen-bond donors (Lipinski definition) is 0. The van der Waals surface area contributed by atoms with Gasteiger partial charge in [0.05, 0.1) is 16.8 Å². The van der Waals surface area contributed by atoms with Crippen LogP contribution in [0.2, 0.25) is 0 Å². The molecule has 0 bridgehead atoms. The van der Waals surface area contributed by atoms with Gasteiger partial charge in [-0.1, -0.05) is 6.08 Å². The molecule has 0 aromatic heterocycles. The lowest BCUT2D eigenvalue weighted by atomic mass is 10.00. The van der Waals surface area contributed by atoms with E-state index < -0.39 is 5.79 Å². The van der Waals surface area contributed by atoms with Crippen molar-refractivity contribution in [2.24, 2.45) is 0 Å². The zero-order valence-corrected chi connectivity index (χ0v) is 15.1. The first-order chi connectivity index (χ1) is 10.1. The fourth-order valence-electron chi connectivity index (χ4n) is 3.09. The van der Waals surface area contributed by atoms with E-state index >= 15 is 0 Å². The van der Waals surface area contributed by atoms with Gasteiger partial charge < -0.3 is 9.47 Å². The standard InChI is InChI=1S/C17H30O2S2/c1-4-5-6-8-14-13-15(19-17(2,3)18-14)9-10-16-20-11-7-12-21-16/h4,14-16H,1,5-13H2,2-3H3/t14-,15-/m0/s1. The molecule has 4 heteroatoms. The van der Waals surface area contributed by atoms with Crippen LogP contribution in [-0.2, 0) is 9.47 Å². The van der Waals surface area contributed by atoms with E-state index in [2.05, 4.69) is 44.0 Å². The summed E-state index contributed by atoms with van der Waals surface area (Å²) in [5.41, 5.74) is 0. The molecule has 122 valence electrons. The van der Waals surface area contributed by atoms with Crippen molar-refractivity contribution in [3.8, 4) is 0 Å². The summed E-state index contributed by atoms with van der Waals surface area (Å²) in [6.45, 7) is 7.92. The van der Waals surface area contributed by atoms with Crippen molar-refractivity contribution in [1.82, 2.24) is 0 Å². The van der Waals surface area contributed by atoms with Crippen LogP contribution >= 0.6 is 23.5 Å². The van der Waals surface area contributed by atoms with E-state index in [-0.39, 0.29) is 0 Å². The summed E-state index contributed by atoms with van der Waals surface area (Å²) in [5.74, 6) is 2.25. The minimum Gasteiger partial charge on any atom is -0.347 e. The third kappa shape index (κ3) is 6.55. The minimum atomic E-state index is -0.422. The van der Waals surface area contributed by atoms with Crippen molar-refractivity contribution < 1.29 is 9.47 Å². The van der Waals surface area contributed by atoms with Crippen LogP contribution in [0.5, 0.6) is 0 Å². The molecule has 0 aliphatic carbocycles. The SMILES string of the molecule is C=CCCC[C@H]1C[C@H](CCC2SCCCS2)OC(C)(C)O1. The summed E-state index contributed by atoms with van der Waals surface area (Å²) >= 11 is 4.27. The van der Waals surface area contributed by atoms with Gasteiger partial charge in [0, 0.05) is 6.42 Å². The average molecular weight is 331 g/mol. The zero-order valence-electron chi connectivity index (χ0n) is 13.5.